The Bertz CT molecular complexity index is 607. The van der Waals surface area contributed by atoms with Crippen molar-refractivity contribution in [2.24, 2.45) is 5.92 Å². The number of benzene rings is 2. The second-order valence-electron chi connectivity index (χ2n) is 7.09. The fourth-order valence-electron chi connectivity index (χ4n) is 2.65. The van der Waals surface area contributed by atoms with E-state index in [-0.39, 0.29) is 6.29 Å². The Balaban J connectivity index is 1.84. The monoisotopic (exact) mass is 356 g/mol. The molecule has 2 aromatic carbocycles. The zero-order valence-corrected chi connectivity index (χ0v) is 16.5. The average Bonchev–Trinajstić information content (AvgIpc) is 2.65. The minimum Gasteiger partial charge on any atom is -0.491 e. The highest BCUT2D eigenvalue weighted by molar-refractivity contribution is 5.29. The summed E-state index contributed by atoms with van der Waals surface area (Å²) in [5.41, 5.74) is 1.34. The van der Waals surface area contributed by atoms with Crippen LogP contribution >= 0.6 is 0 Å². The summed E-state index contributed by atoms with van der Waals surface area (Å²) in [6.07, 6.45) is 1.72. The quantitative estimate of drug-likeness (QED) is 0.362. The lowest BCUT2D eigenvalue weighted by molar-refractivity contribution is -0.0966. The van der Waals surface area contributed by atoms with E-state index in [1.54, 1.807) is 0 Å². The van der Waals surface area contributed by atoms with Crippen LogP contribution in [0.2, 0.25) is 0 Å². The van der Waals surface area contributed by atoms with Gasteiger partial charge in [-0.2, -0.15) is 0 Å². The Morgan fingerprint density at radius 2 is 1.50 bits per heavy atom. The van der Waals surface area contributed by atoms with Crippen LogP contribution in [-0.4, -0.2) is 19.5 Å². The van der Waals surface area contributed by atoms with E-state index in [0.717, 1.165) is 24.3 Å². The van der Waals surface area contributed by atoms with Crippen molar-refractivity contribution in [2.75, 3.05) is 13.2 Å². The zero-order valence-electron chi connectivity index (χ0n) is 16.5. The summed E-state index contributed by atoms with van der Waals surface area (Å²) in [4.78, 5) is 0. The van der Waals surface area contributed by atoms with Gasteiger partial charge < -0.3 is 14.2 Å². The molecule has 0 heterocycles. The molecule has 2 atom stereocenters. The van der Waals surface area contributed by atoms with Crippen LogP contribution in [0, 0.1) is 5.92 Å². The molecule has 0 spiro atoms. The number of ether oxygens (including phenoxy) is 3. The molecule has 0 N–H and O–H groups in total. The van der Waals surface area contributed by atoms with Gasteiger partial charge in [-0.05, 0) is 48.1 Å². The van der Waals surface area contributed by atoms with E-state index < -0.39 is 0 Å². The van der Waals surface area contributed by atoms with E-state index in [1.165, 1.54) is 5.56 Å². The molecule has 0 saturated heterocycles. The largest absolute Gasteiger partial charge is 0.491 e. The van der Waals surface area contributed by atoms with E-state index in [9.17, 15) is 0 Å². The maximum Gasteiger partial charge on any atom is 0.200 e. The van der Waals surface area contributed by atoms with Gasteiger partial charge in [0, 0.05) is 6.42 Å². The second kappa shape index (κ2) is 10.9. The van der Waals surface area contributed by atoms with Crippen molar-refractivity contribution in [1.82, 2.24) is 0 Å². The van der Waals surface area contributed by atoms with Gasteiger partial charge in [0.2, 0.25) is 0 Å². The van der Waals surface area contributed by atoms with Gasteiger partial charge in [-0.25, -0.2) is 0 Å². The van der Waals surface area contributed by atoms with Gasteiger partial charge in [0.25, 0.3) is 0 Å². The molecule has 0 saturated carbocycles. The Kier molecular flexibility index (Phi) is 8.49. The molecular formula is C23H32O3. The van der Waals surface area contributed by atoms with Crippen LogP contribution in [0.5, 0.6) is 11.5 Å². The van der Waals surface area contributed by atoms with Crippen LogP contribution in [0.15, 0.2) is 54.6 Å². The fraction of sp³-hybridized carbons (Fsp3) is 0.478. The lowest BCUT2D eigenvalue weighted by atomic mass is 9.99. The number of rotatable bonds is 11. The summed E-state index contributed by atoms with van der Waals surface area (Å²) < 4.78 is 17.7. The van der Waals surface area contributed by atoms with E-state index in [1.807, 2.05) is 42.5 Å². The summed E-state index contributed by atoms with van der Waals surface area (Å²) >= 11 is 0. The average molecular weight is 357 g/mol. The lowest BCUT2D eigenvalue weighted by Gasteiger charge is -2.22. The number of hydrogen-bond acceptors (Lipinski definition) is 3. The normalized spacial score (nSPS) is 13.4. The SMILES string of the molecule is CCC(C)c1ccc(OC(CC(C)C)OCCOc2ccccc2)cc1. The van der Waals surface area contributed by atoms with E-state index >= 15 is 0 Å². The van der Waals surface area contributed by atoms with Crippen molar-refractivity contribution in [3.8, 4) is 11.5 Å². The van der Waals surface area contributed by atoms with Gasteiger partial charge in [0.05, 0.1) is 6.61 Å². The molecule has 26 heavy (non-hydrogen) atoms. The van der Waals surface area contributed by atoms with Gasteiger partial charge in [-0.3, -0.25) is 0 Å². The Morgan fingerprint density at radius 1 is 0.808 bits per heavy atom. The first-order chi connectivity index (χ1) is 12.6. The summed E-state index contributed by atoms with van der Waals surface area (Å²) in [5.74, 6) is 2.78. The molecule has 0 aliphatic rings. The van der Waals surface area contributed by atoms with Gasteiger partial charge >= 0.3 is 0 Å². The molecule has 2 rings (SSSR count). The maximum atomic E-state index is 6.07. The van der Waals surface area contributed by atoms with Gasteiger partial charge in [-0.1, -0.05) is 58.0 Å². The minimum absolute atomic E-state index is 0.260. The molecule has 0 bridgehead atoms. The Morgan fingerprint density at radius 3 is 2.12 bits per heavy atom. The van der Waals surface area contributed by atoms with Crippen LogP contribution in [-0.2, 0) is 4.74 Å². The Labute approximate surface area is 158 Å². The van der Waals surface area contributed by atoms with Crippen LogP contribution in [0.4, 0.5) is 0 Å². The first-order valence-corrected chi connectivity index (χ1v) is 9.64. The maximum absolute atomic E-state index is 6.07. The lowest BCUT2D eigenvalue weighted by Crippen LogP contribution is -2.25. The third-order valence-corrected chi connectivity index (χ3v) is 4.39. The van der Waals surface area contributed by atoms with Gasteiger partial charge in [-0.15, -0.1) is 0 Å². The van der Waals surface area contributed by atoms with Gasteiger partial charge in [0.1, 0.15) is 18.1 Å². The van der Waals surface area contributed by atoms with Crippen molar-refractivity contribution < 1.29 is 14.2 Å². The molecule has 0 fully saturated rings. The zero-order chi connectivity index (χ0) is 18.8. The molecule has 0 aliphatic carbocycles. The fourth-order valence-corrected chi connectivity index (χ4v) is 2.65. The van der Waals surface area contributed by atoms with E-state index in [2.05, 4.69) is 39.8 Å². The van der Waals surface area contributed by atoms with E-state index in [4.69, 9.17) is 14.2 Å². The Hall–Kier alpha value is -2.00. The van der Waals surface area contributed by atoms with Crippen LogP contribution in [0.25, 0.3) is 0 Å². The second-order valence-corrected chi connectivity index (χ2v) is 7.09. The molecule has 0 aliphatic heterocycles. The summed E-state index contributed by atoms with van der Waals surface area (Å²) in [6, 6.07) is 18.2. The predicted octanol–water partition coefficient (Wildman–Crippen LogP) is 6.05. The van der Waals surface area contributed by atoms with Crippen LogP contribution < -0.4 is 9.47 Å². The number of para-hydroxylation sites is 1. The highest BCUT2D eigenvalue weighted by Gasteiger charge is 2.14. The van der Waals surface area contributed by atoms with Crippen LogP contribution in [0.1, 0.15) is 52.0 Å². The van der Waals surface area contributed by atoms with Crippen molar-refractivity contribution in [2.45, 2.75) is 52.7 Å². The molecule has 2 aromatic rings. The minimum atomic E-state index is -0.260. The summed E-state index contributed by atoms with van der Waals surface area (Å²) in [5, 5.41) is 0. The van der Waals surface area contributed by atoms with Crippen molar-refractivity contribution >= 4 is 0 Å². The molecule has 0 aromatic heterocycles. The molecule has 142 valence electrons. The predicted molar refractivity (Wildman–Crippen MR) is 107 cm³/mol. The topological polar surface area (TPSA) is 27.7 Å². The van der Waals surface area contributed by atoms with Crippen molar-refractivity contribution in [1.29, 1.82) is 0 Å². The standard InChI is InChI=1S/C23H32O3/c1-5-19(4)20-11-13-22(14-12-20)26-23(17-18(2)3)25-16-15-24-21-9-7-6-8-10-21/h6-14,18-19,23H,5,15-17H2,1-4H3. The molecule has 2 unspecified atom stereocenters. The molecule has 3 heteroatoms. The third kappa shape index (κ3) is 7.09. The summed E-state index contributed by atoms with van der Waals surface area (Å²) in [6.45, 7) is 9.80. The molecule has 0 amide bonds. The van der Waals surface area contributed by atoms with Crippen molar-refractivity contribution in [3.05, 3.63) is 60.2 Å². The highest BCUT2D eigenvalue weighted by Crippen LogP contribution is 2.23. The smallest absolute Gasteiger partial charge is 0.200 e. The van der Waals surface area contributed by atoms with Crippen molar-refractivity contribution in [3.63, 3.8) is 0 Å². The highest BCUT2D eigenvalue weighted by atomic mass is 16.7. The third-order valence-electron chi connectivity index (χ3n) is 4.39. The molecule has 0 radical (unpaired) electrons. The van der Waals surface area contributed by atoms with Gasteiger partial charge in [0.15, 0.2) is 6.29 Å². The first kappa shape index (κ1) is 20.3. The first-order valence-electron chi connectivity index (χ1n) is 9.64. The van der Waals surface area contributed by atoms with E-state index in [0.29, 0.717) is 25.0 Å². The summed E-state index contributed by atoms with van der Waals surface area (Å²) in [7, 11) is 0. The molecule has 3 nitrogen and oxygen atoms in total. The number of hydrogen-bond donors (Lipinski definition) is 0. The molecular weight excluding hydrogens is 324 g/mol. The van der Waals surface area contributed by atoms with Crippen LogP contribution in [0.3, 0.4) is 0 Å².